The molecular formula is C6H8N2S3. The van der Waals surface area contributed by atoms with E-state index in [0.717, 1.165) is 15.8 Å². The average Bonchev–Trinajstić information content (AvgIpc) is 2.50. The Morgan fingerprint density at radius 1 is 1.64 bits per heavy atom. The highest BCUT2D eigenvalue weighted by molar-refractivity contribution is 8.01. The molecule has 1 rings (SSSR count). The number of aromatic nitrogens is 2. The molecule has 60 valence electrons. The lowest BCUT2D eigenvalue weighted by Crippen LogP contribution is -1.71. The highest BCUT2D eigenvalue weighted by atomic mass is 32.2. The van der Waals surface area contributed by atoms with Crippen molar-refractivity contribution in [3.63, 3.8) is 0 Å². The summed E-state index contributed by atoms with van der Waals surface area (Å²) in [5.41, 5.74) is 0. The third kappa shape index (κ3) is 3.79. The second-order valence-corrected chi connectivity index (χ2v) is 4.08. The maximum atomic E-state index is 4.05. The van der Waals surface area contributed by atoms with Crippen molar-refractivity contribution in [3.8, 4) is 0 Å². The van der Waals surface area contributed by atoms with Crippen LogP contribution in [0.15, 0.2) is 22.8 Å². The minimum Gasteiger partial charge on any atom is -0.216 e. The van der Waals surface area contributed by atoms with Gasteiger partial charge in [-0.05, 0) is 11.5 Å². The second-order valence-electron chi connectivity index (χ2n) is 1.67. The summed E-state index contributed by atoms with van der Waals surface area (Å²) >= 11 is 7.17. The fourth-order valence-corrected chi connectivity index (χ4v) is 1.96. The number of hydrogen-bond acceptors (Lipinski definition) is 5. The first-order valence-corrected chi connectivity index (χ1v) is 5.48. The Hall–Kier alpha value is -0.0000000000000000833. The molecule has 0 unspecified atom stereocenters. The van der Waals surface area contributed by atoms with Gasteiger partial charge in [0.1, 0.15) is 6.33 Å². The Morgan fingerprint density at radius 2 is 2.55 bits per heavy atom. The summed E-state index contributed by atoms with van der Waals surface area (Å²) in [4.78, 5) is 4.03. The van der Waals surface area contributed by atoms with E-state index in [9.17, 15) is 0 Å². The molecule has 0 bridgehead atoms. The average molecular weight is 204 g/mol. The molecule has 0 radical (unpaired) electrons. The standard InChI is InChI=1S/C6H8N2S3/c9-3-1-2-4-10-6-7-5-8-11-6/h1-2,5,9H,3-4H2/b2-1+. The summed E-state index contributed by atoms with van der Waals surface area (Å²) < 4.78 is 4.91. The largest absolute Gasteiger partial charge is 0.216 e. The third-order valence-electron chi connectivity index (χ3n) is 0.916. The van der Waals surface area contributed by atoms with E-state index in [1.54, 1.807) is 18.1 Å². The summed E-state index contributed by atoms with van der Waals surface area (Å²) in [5.74, 6) is 1.76. The van der Waals surface area contributed by atoms with Gasteiger partial charge in [-0.15, -0.1) is 0 Å². The van der Waals surface area contributed by atoms with Gasteiger partial charge >= 0.3 is 0 Å². The van der Waals surface area contributed by atoms with Crippen molar-refractivity contribution in [2.24, 2.45) is 0 Å². The van der Waals surface area contributed by atoms with Crippen LogP contribution in [0.2, 0.25) is 0 Å². The van der Waals surface area contributed by atoms with E-state index in [2.05, 4.69) is 28.1 Å². The van der Waals surface area contributed by atoms with Crippen LogP contribution in [-0.2, 0) is 0 Å². The van der Waals surface area contributed by atoms with Gasteiger partial charge < -0.3 is 0 Å². The number of thiol groups is 1. The highest BCUT2D eigenvalue weighted by Crippen LogP contribution is 2.17. The third-order valence-corrected chi connectivity index (χ3v) is 2.88. The van der Waals surface area contributed by atoms with Gasteiger partial charge in [0.15, 0.2) is 4.34 Å². The Balaban J connectivity index is 2.19. The molecule has 1 aromatic heterocycles. The van der Waals surface area contributed by atoms with Gasteiger partial charge in [0.05, 0.1) is 0 Å². The minimum absolute atomic E-state index is 0.802. The predicted molar refractivity (Wildman–Crippen MR) is 53.6 cm³/mol. The summed E-state index contributed by atoms with van der Waals surface area (Å²) in [6.45, 7) is 0. The van der Waals surface area contributed by atoms with Crippen molar-refractivity contribution in [2.45, 2.75) is 4.34 Å². The van der Waals surface area contributed by atoms with Crippen LogP contribution >= 0.6 is 35.9 Å². The molecular weight excluding hydrogens is 196 g/mol. The molecule has 0 aliphatic carbocycles. The normalized spacial score (nSPS) is 11.0. The van der Waals surface area contributed by atoms with Crippen LogP contribution in [0.25, 0.3) is 0 Å². The predicted octanol–water partition coefficient (Wildman–Crippen LogP) is 2.12. The van der Waals surface area contributed by atoms with Crippen molar-refractivity contribution >= 4 is 35.9 Å². The van der Waals surface area contributed by atoms with Crippen LogP contribution in [-0.4, -0.2) is 20.9 Å². The van der Waals surface area contributed by atoms with E-state index in [4.69, 9.17) is 0 Å². The van der Waals surface area contributed by atoms with Crippen LogP contribution in [0, 0.1) is 0 Å². The molecule has 2 nitrogen and oxygen atoms in total. The van der Waals surface area contributed by atoms with Crippen molar-refractivity contribution in [1.82, 2.24) is 9.36 Å². The molecule has 0 fully saturated rings. The number of hydrogen-bond donors (Lipinski definition) is 1. The summed E-state index contributed by atoms with van der Waals surface area (Å²) in [5, 5.41) is 0. The molecule has 0 amide bonds. The van der Waals surface area contributed by atoms with Crippen LogP contribution in [0.1, 0.15) is 0 Å². The zero-order valence-electron chi connectivity index (χ0n) is 5.80. The van der Waals surface area contributed by atoms with Gasteiger partial charge in [0.2, 0.25) is 0 Å². The fraction of sp³-hybridized carbons (Fsp3) is 0.333. The zero-order valence-corrected chi connectivity index (χ0v) is 8.33. The first kappa shape index (κ1) is 9.09. The molecule has 0 saturated carbocycles. The highest BCUT2D eigenvalue weighted by Gasteiger charge is 1.92. The Kier molecular flexibility index (Phi) is 4.65. The van der Waals surface area contributed by atoms with Gasteiger partial charge in [-0.3, -0.25) is 0 Å². The number of thioether (sulfide) groups is 1. The van der Waals surface area contributed by atoms with Crippen LogP contribution in [0.3, 0.4) is 0 Å². The lowest BCUT2D eigenvalue weighted by atomic mass is 10.6. The second kappa shape index (κ2) is 5.62. The van der Waals surface area contributed by atoms with E-state index in [-0.39, 0.29) is 0 Å². The first-order valence-electron chi connectivity index (χ1n) is 3.09. The quantitative estimate of drug-likeness (QED) is 0.462. The van der Waals surface area contributed by atoms with Gasteiger partial charge in [0.25, 0.3) is 0 Å². The topological polar surface area (TPSA) is 25.8 Å². The summed E-state index contributed by atoms with van der Waals surface area (Å²) in [6.07, 6.45) is 5.69. The Labute approximate surface area is 79.7 Å². The van der Waals surface area contributed by atoms with Gasteiger partial charge in [-0.1, -0.05) is 23.9 Å². The molecule has 1 aromatic rings. The van der Waals surface area contributed by atoms with E-state index in [1.807, 2.05) is 6.08 Å². The molecule has 0 N–H and O–H groups in total. The van der Waals surface area contributed by atoms with Gasteiger partial charge in [-0.2, -0.15) is 17.0 Å². The molecule has 0 atom stereocenters. The van der Waals surface area contributed by atoms with E-state index >= 15 is 0 Å². The van der Waals surface area contributed by atoms with Gasteiger partial charge in [-0.25, -0.2) is 4.98 Å². The molecule has 0 aliphatic heterocycles. The fourth-order valence-electron chi connectivity index (χ4n) is 0.489. The lowest BCUT2D eigenvalue weighted by Gasteiger charge is -1.86. The maximum Gasteiger partial charge on any atom is 0.170 e. The molecule has 1 heterocycles. The first-order chi connectivity index (χ1) is 5.43. The van der Waals surface area contributed by atoms with Crippen LogP contribution in [0.4, 0.5) is 0 Å². The van der Waals surface area contributed by atoms with Crippen molar-refractivity contribution in [3.05, 3.63) is 18.5 Å². The van der Waals surface area contributed by atoms with E-state index in [0.29, 0.717) is 0 Å². The molecule has 0 aliphatic rings. The number of nitrogens with zero attached hydrogens (tertiary/aromatic N) is 2. The lowest BCUT2D eigenvalue weighted by molar-refractivity contribution is 1.22. The van der Waals surface area contributed by atoms with Crippen molar-refractivity contribution in [2.75, 3.05) is 11.5 Å². The maximum absolute atomic E-state index is 4.05. The van der Waals surface area contributed by atoms with E-state index < -0.39 is 0 Å². The van der Waals surface area contributed by atoms with Crippen LogP contribution in [0.5, 0.6) is 0 Å². The Morgan fingerprint density at radius 3 is 3.18 bits per heavy atom. The molecule has 5 heteroatoms. The van der Waals surface area contributed by atoms with Crippen molar-refractivity contribution < 1.29 is 0 Å². The van der Waals surface area contributed by atoms with Crippen LogP contribution < -0.4 is 0 Å². The molecule has 11 heavy (non-hydrogen) atoms. The molecule has 0 spiro atoms. The minimum atomic E-state index is 0.802. The number of rotatable bonds is 4. The SMILES string of the molecule is SC/C=C/CSc1ncns1. The summed E-state index contributed by atoms with van der Waals surface area (Å²) in [6, 6.07) is 0. The zero-order chi connectivity index (χ0) is 7.94. The van der Waals surface area contributed by atoms with E-state index in [1.165, 1.54) is 11.5 Å². The summed E-state index contributed by atoms with van der Waals surface area (Å²) in [7, 11) is 0. The smallest absolute Gasteiger partial charge is 0.170 e. The van der Waals surface area contributed by atoms with Gasteiger partial charge in [0, 0.05) is 11.5 Å². The molecule has 0 saturated heterocycles. The Bertz CT molecular complexity index is 208. The monoisotopic (exact) mass is 204 g/mol. The molecule has 0 aromatic carbocycles. The van der Waals surface area contributed by atoms with Crippen molar-refractivity contribution in [1.29, 1.82) is 0 Å².